The maximum Gasteiger partial charge on any atom is 0.233 e. The number of hydrogen-bond donors (Lipinski definition) is 2. The normalized spacial score (nSPS) is 19.8. The number of phenolic OH excluding ortho intramolecular Hbond substituents is 1. The Bertz CT molecular complexity index is 1230. The number of fused-ring (bicyclic) bond motifs is 1. The molecule has 0 amide bonds. The van der Waals surface area contributed by atoms with Crippen molar-refractivity contribution in [2.45, 2.75) is 31.6 Å². The first-order valence-electron chi connectivity index (χ1n) is 10.5. The number of nitrogens with one attached hydrogen (secondary N) is 1. The van der Waals surface area contributed by atoms with E-state index in [2.05, 4.69) is 10.5 Å². The van der Waals surface area contributed by atoms with Crippen molar-refractivity contribution in [2.24, 2.45) is 0 Å². The Balaban J connectivity index is 1.57. The van der Waals surface area contributed by atoms with E-state index >= 15 is 0 Å². The van der Waals surface area contributed by atoms with Crippen LogP contribution in [0, 0.1) is 6.92 Å². The molecule has 0 radical (unpaired) electrons. The van der Waals surface area contributed by atoms with Crippen LogP contribution in [0.4, 0.5) is 5.88 Å². The summed E-state index contributed by atoms with van der Waals surface area (Å²) < 4.78 is 16.4. The highest BCUT2D eigenvalue weighted by Crippen LogP contribution is 2.49. The van der Waals surface area contributed by atoms with E-state index in [0.717, 1.165) is 33.7 Å². The molecule has 0 saturated carbocycles. The third-order valence-electron chi connectivity index (χ3n) is 6.36. The second-order valence-corrected chi connectivity index (χ2v) is 8.20. The van der Waals surface area contributed by atoms with Crippen LogP contribution in [-0.4, -0.2) is 30.3 Å². The fourth-order valence-electron chi connectivity index (χ4n) is 4.81. The van der Waals surface area contributed by atoms with Crippen molar-refractivity contribution in [3.8, 4) is 17.2 Å². The van der Waals surface area contributed by atoms with E-state index in [0.29, 0.717) is 30.2 Å². The van der Waals surface area contributed by atoms with Crippen LogP contribution in [-0.2, 0) is 4.79 Å². The minimum atomic E-state index is -0.285. The molecule has 1 aliphatic heterocycles. The quantitative estimate of drug-likeness (QED) is 0.619. The van der Waals surface area contributed by atoms with Crippen LogP contribution in [0.15, 0.2) is 58.3 Å². The number of ketones is 1. The van der Waals surface area contributed by atoms with Gasteiger partial charge in [0, 0.05) is 23.6 Å². The molecular weight excluding hydrogens is 408 g/mol. The number of ether oxygens (including phenoxy) is 2. The van der Waals surface area contributed by atoms with Gasteiger partial charge in [-0.1, -0.05) is 23.4 Å². The first kappa shape index (κ1) is 20.2. The number of phenols is 1. The van der Waals surface area contributed by atoms with Gasteiger partial charge in [0.15, 0.2) is 17.3 Å². The lowest BCUT2D eigenvalue weighted by molar-refractivity contribution is -0.116. The molecule has 164 valence electrons. The van der Waals surface area contributed by atoms with Crippen molar-refractivity contribution >= 4 is 11.7 Å². The predicted molar refractivity (Wildman–Crippen MR) is 118 cm³/mol. The summed E-state index contributed by atoms with van der Waals surface area (Å²) in [5, 5.41) is 17.2. The van der Waals surface area contributed by atoms with Crippen LogP contribution in [0.1, 0.15) is 47.1 Å². The van der Waals surface area contributed by atoms with Gasteiger partial charge in [-0.3, -0.25) is 4.79 Å². The smallest absolute Gasteiger partial charge is 0.233 e. The summed E-state index contributed by atoms with van der Waals surface area (Å²) in [6.07, 6.45) is 1.05. The molecule has 2 aromatic carbocycles. The average molecular weight is 432 g/mol. The fraction of sp³-hybridized carbons (Fsp3) is 0.280. The fourth-order valence-corrected chi connectivity index (χ4v) is 4.81. The van der Waals surface area contributed by atoms with Gasteiger partial charge < -0.3 is 24.4 Å². The molecule has 7 heteroatoms. The van der Waals surface area contributed by atoms with Crippen LogP contribution in [0.5, 0.6) is 17.2 Å². The number of nitrogens with zero attached hydrogens (tertiary/aromatic N) is 1. The van der Waals surface area contributed by atoms with Crippen molar-refractivity contribution in [3.05, 3.63) is 76.1 Å². The third kappa shape index (κ3) is 3.21. The molecule has 2 aliphatic rings. The Kier molecular flexibility index (Phi) is 4.89. The topological polar surface area (TPSA) is 93.8 Å². The van der Waals surface area contributed by atoms with E-state index in [1.807, 2.05) is 37.3 Å². The van der Waals surface area contributed by atoms with Crippen molar-refractivity contribution < 1.29 is 23.9 Å². The van der Waals surface area contributed by atoms with E-state index in [9.17, 15) is 9.90 Å². The summed E-state index contributed by atoms with van der Waals surface area (Å²) in [7, 11) is 3.21. The third-order valence-corrected chi connectivity index (χ3v) is 6.36. The van der Waals surface area contributed by atoms with Gasteiger partial charge in [0.1, 0.15) is 5.75 Å². The monoisotopic (exact) mass is 432 g/mol. The number of carbonyl (C=O) groups excluding carboxylic acids is 1. The highest BCUT2D eigenvalue weighted by atomic mass is 16.5. The number of rotatable bonds is 4. The second kappa shape index (κ2) is 7.75. The molecule has 7 nitrogen and oxygen atoms in total. The Hall–Kier alpha value is -3.74. The van der Waals surface area contributed by atoms with Gasteiger partial charge >= 0.3 is 0 Å². The van der Waals surface area contributed by atoms with Crippen LogP contribution in [0.3, 0.4) is 0 Å². The number of methoxy groups -OCH3 is 2. The van der Waals surface area contributed by atoms with E-state index in [4.69, 9.17) is 14.0 Å². The number of Topliss-reactive ketones (excluding diaryl/α,β-unsaturated/α-hetero) is 1. The number of aromatic nitrogens is 1. The van der Waals surface area contributed by atoms with Gasteiger partial charge in [0.05, 0.1) is 25.5 Å². The Labute approximate surface area is 185 Å². The lowest BCUT2D eigenvalue weighted by Gasteiger charge is -2.34. The van der Waals surface area contributed by atoms with E-state index < -0.39 is 0 Å². The molecule has 3 aromatic rings. The molecule has 2 unspecified atom stereocenters. The minimum absolute atomic E-state index is 0.000378. The van der Waals surface area contributed by atoms with Gasteiger partial charge in [-0.15, -0.1) is 0 Å². The highest BCUT2D eigenvalue weighted by molar-refractivity contribution is 6.01. The molecule has 32 heavy (non-hydrogen) atoms. The van der Waals surface area contributed by atoms with Crippen LogP contribution in [0.2, 0.25) is 0 Å². The SMILES string of the molecule is COc1ccc(C2CC(=O)C3=C(C2)Nc2onc(C)c2C3c2ccc(O)cc2)cc1OC. The van der Waals surface area contributed by atoms with Gasteiger partial charge in [0.25, 0.3) is 0 Å². The average Bonchev–Trinajstić information content (AvgIpc) is 3.18. The summed E-state index contributed by atoms with van der Waals surface area (Å²) in [6, 6.07) is 12.8. The number of hydrogen-bond acceptors (Lipinski definition) is 7. The Morgan fingerprint density at radius 1 is 1.03 bits per heavy atom. The van der Waals surface area contributed by atoms with Gasteiger partial charge in [-0.2, -0.15) is 0 Å². The standard InChI is InChI=1S/C25H24N2O5/c1-13-22-23(14-4-7-17(28)8-5-14)24-18(26-25(22)32-27-13)10-16(11-19(24)29)15-6-9-20(30-2)21(12-15)31-3/h4-9,12,16,23,26,28H,10-11H2,1-3H3. The molecule has 1 aliphatic carbocycles. The number of aromatic hydroxyl groups is 1. The number of benzene rings is 2. The van der Waals surface area contributed by atoms with Crippen LogP contribution in [0.25, 0.3) is 0 Å². The Morgan fingerprint density at radius 3 is 2.47 bits per heavy atom. The number of carbonyl (C=O) groups is 1. The molecule has 2 N–H and O–H groups in total. The summed E-state index contributed by atoms with van der Waals surface area (Å²) >= 11 is 0. The Morgan fingerprint density at radius 2 is 1.75 bits per heavy atom. The zero-order valence-electron chi connectivity index (χ0n) is 18.1. The zero-order chi connectivity index (χ0) is 22.4. The minimum Gasteiger partial charge on any atom is -0.508 e. The van der Waals surface area contributed by atoms with Crippen molar-refractivity contribution in [3.63, 3.8) is 0 Å². The number of aryl methyl sites for hydroxylation is 1. The predicted octanol–water partition coefficient (Wildman–Crippen LogP) is 4.66. The zero-order valence-corrected chi connectivity index (χ0v) is 18.1. The van der Waals surface area contributed by atoms with Crippen molar-refractivity contribution in [1.29, 1.82) is 0 Å². The maximum absolute atomic E-state index is 13.5. The number of allylic oxidation sites excluding steroid dienone is 2. The molecular formula is C25H24N2O5. The lowest BCUT2D eigenvalue weighted by Crippen LogP contribution is -2.29. The first-order chi connectivity index (χ1) is 15.5. The molecule has 2 atom stereocenters. The molecule has 2 heterocycles. The molecule has 0 saturated heterocycles. The van der Waals surface area contributed by atoms with E-state index in [-0.39, 0.29) is 23.4 Å². The summed E-state index contributed by atoms with van der Waals surface area (Å²) in [5.41, 5.74) is 5.14. The van der Waals surface area contributed by atoms with Gasteiger partial charge in [0.2, 0.25) is 5.88 Å². The second-order valence-electron chi connectivity index (χ2n) is 8.20. The van der Waals surface area contributed by atoms with Gasteiger partial charge in [-0.25, -0.2) is 0 Å². The van der Waals surface area contributed by atoms with Crippen LogP contribution < -0.4 is 14.8 Å². The maximum atomic E-state index is 13.5. The largest absolute Gasteiger partial charge is 0.508 e. The van der Waals surface area contributed by atoms with Crippen molar-refractivity contribution in [2.75, 3.05) is 19.5 Å². The summed E-state index contributed by atoms with van der Waals surface area (Å²) in [6.45, 7) is 1.88. The molecule has 0 fully saturated rings. The highest BCUT2D eigenvalue weighted by Gasteiger charge is 2.41. The van der Waals surface area contributed by atoms with E-state index in [1.54, 1.807) is 26.4 Å². The summed E-state index contributed by atoms with van der Waals surface area (Å²) in [5.74, 6) is 1.85. The van der Waals surface area contributed by atoms with E-state index in [1.165, 1.54) is 0 Å². The molecule has 5 rings (SSSR count). The lowest BCUT2D eigenvalue weighted by atomic mass is 9.72. The molecule has 1 aromatic heterocycles. The van der Waals surface area contributed by atoms with Crippen LogP contribution >= 0.6 is 0 Å². The van der Waals surface area contributed by atoms with Gasteiger partial charge in [-0.05, 0) is 54.7 Å². The summed E-state index contributed by atoms with van der Waals surface area (Å²) in [4.78, 5) is 13.5. The molecule has 0 spiro atoms. The van der Waals surface area contributed by atoms with Crippen molar-refractivity contribution in [1.82, 2.24) is 5.16 Å². The first-order valence-corrected chi connectivity index (χ1v) is 10.5. The molecule has 0 bridgehead atoms. The number of anilines is 1.